The van der Waals surface area contributed by atoms with Crippen LogP contribution in [0.1, 0.15) is 224 Å². The monoisotopic (exact) mass is 1470 g/mol. The summed E-state index contributed by atoms with van der Waals surface area (Å²) in [6.45, 7) is 9.04. The lowest BCUT2D eigenvalue weighted by molar-refractivity contribution is 0.103. The van der Waals surface area contributed by atoms with Crippen molar-refractivity contribution in [1.29, 1.82) is 21.0 Å². The first-order chi connectivity index (χ1) is 51.0. The molecule has 524 valence electrons. The Kier molecular flexibility index (Phi) is 25.4. The van der Waals surface area contributed by atoms with Crippen molar-refractivity contribution in [1.82, 2.24) is 0 Å². The van der Waals surface area contributed by atoms with Gasteiger partial charge in [0.1, 0.15) is 35.4 Å². The molecule has 0 aromatic heterocycles. The number of ketones is 2. The van der Waals surface area contributed by atoms with Gasteiger partial charge in [0, 0.05) is 85.5 Å². The highest BCUT2D eigenvalue weighted by Gasteiger charge is 2.50. The normalized spacial score (nSPS) is 18.7. The smallest absolute Gasteiger partial charge is 0.194 e. The summed E-state index contributed by atoms with van der Waals surface area (Å²) in [5.74, 6) is -0.469. The second-order valence-electron chi connectivity index (χ2n) is 28.1. The number of nitrogens with zero attached hydrogens (tertiary/aromatic N) is 4. The number of carbonyl (C=O) groups excluding carboxylic acids is 2. The third kappa shape index (κ3) is 16.5. The molecule has 12 heteroatoms. The fourth-order valence-electron chi connectivity index (χ4n) is 15.6. The third-order valence-corrected chi connectivity index (χ3v) is 28.5. The number of hydrogen-bond acceptors (Lipinski definition) is 12. The number of thioether (sulfide) groups is 6. The van der Waals surface area contributed by atoms with E-state index in [0.717, 1.165) is 59.6 Å². The van der Waals surface area contributed by atoms with Gasteiger partial charge in [-0.15, -0.1) is 23.5 Å². The topological polar surface area (TPSA) is 129 Å². The maximum Gasteiger partial charge on any atom is 0.194 e. The SMILES string of the molecule is CCCCCCc1ccc(SC(Sc2ccc(CCCCCC)cc2)=C2c3cc4c(cc3C3SC(/C=C5\C(=O)c6ccccc6C5=C(C#N)C#N)=CC23)C(=C(Sc2ccc(CCCCCC)cc2)Sc2ccc(CCCCCC)cc2)C2CC(/C=C3\C(=O)c5ccccc5C3=C(C#N)C#N)SC42)cc1. The number of Topliss-reactive ketones (excluding diaryl/α,β-unsaturated/α-hetero) is 2. The predicted octanol–water partition coefficient (Wildman–Crippen LogP) is 26.4. The first-order valence-corrected chi connectivity index (χ1v) is 42.7. The van der Waals surface area contributed by atoms with Crippen LogP contribution in [0, 0.1) is 57.2 Å². The molecule has 5 unspecified atom stereocenters. The van der Waals surface area contributed by atoms with Crippen LogP contribution in [0.2, 0.25) is 0 Å². The van der Waals surface area contributed by atoms with Gasteiger partial charge in [-0.25, -0.2) is 0 Å². The molecule has 104 heavy (non-hydrogen) atoms. The van der Waals surface area contributed by atoms with Crippen LogP contribution < -0.4 is 0 Å². The number of aryl methyl sites for hydroxylation is 4. The molecule has 1 fully saturated rings. The average Bonchev–Trinajstić information content (AvgIpc) is 1.54. The molecule has 0 radical (unpaired) electrons. The van der Waals surface area contributed by atoms with Gasteiger partial charge >= 0.3 is 0 Å². The van der Waals surface area contributed by atoms with Gasteiger partial charge in [-0.1, -0.05) is 261 Å². The van der Waals surface area contributed by atoms with Crippen molar-refractivity contribution >= 4 is 104 Å². The fourth-order valence-corrected chi connectivity index (χ4v) is 23.5. The summed E-state index contributed by atoms with van der Waals surface area (Å²) >= 11 is 11.0. The number of allylic oxidation sites excluding steroid dienone is 10. The van der Waals surface area contributed by atoms with Crippen molar-refractivity contribution in [2.24, 2.45) is 11.8 Å². The van der Waals surface area contributed by atoms with Crippen molar-refractivity contribution in [2.75, 3.05) is 0 Å². The van der Waals surface area contributed by atoms with Gasteiger partial charge in [0.25, 0.3) is 0 Å². The van der Waals surface area contributed by atoms with Gasteiger partial charge in [0.2, 0.25) is 0 Å². The van der Waals surface area contributed by atoms with Crippen molar-refractivity contribution < 1.29 is 9.59 Å². The van der Waals surface area contributed by atoms with Crippen LogP contribution in [0.4, 0.5) is 0 Å². The lowest BCUT2D eigenvalue weighted by Gasteiger charge is -2.19. The van der Waals surface area contributed by atoms with E-state index in [1.54, 1.807) is 17.8 Å². The molecule has 0 N–H and O–H groups in total. The molecule has 6 nitrogen and oxygen atoms in total. The first kappa shape index (κ1) is 74.4. The standard InChI is InChI=1S/C92H88N4O2S6/c1-5-9-13-17-25-59-33-41-65(42-34-59)101-91(102-66-43-35-60(36-44-66)26-18-14-10-6-2)85-75-53-78-76(54-77(75)89-81(85)51-69(99-89)49-79-83(63(55-93)56-94)71-29-21-23-31-73(71)87(79)97)86(82-52-70(100-90(78)82)50-80-84(64(57-95)58-96)72-30-22-24-32-74(72)88(80)98)92(103-67-45-37-61(38-46-67)27-19-15-11-7-3)104-68-47-39-62(40-48-68)28-20-16-12-8-4/h21-24,29-51,53-54,70,81-82,89-90H,5-20,25-28,52H2,1-4H3/b79-49-,80-50-. The lowest BCUT2D eigenvalue weighted by atomic mass is 9.93. The third-order valence-electron chi connectivity index (χ3n) is 21.0. The largest absolute Gasteiger partial charge is 0.289 e. The number of unbranched alkanes of at least 4 members (excludes halogenated alkanes) is 12. The Morgan fingerprint density at radius 2 is 0.798 bits per heavy atom. The van der Waals surface area contributed by atoms with E-state index in [4.69, 9.17) is 0 Å². The van der Waals surface area contributed by atoms with E-state index in [-0.39, 0.29) is 50.3 Å². The maximum absolute atomic E-state index is 14.8. The molecule has 7 aromatic rings. The van der Waals surface area contributed by atoms with E-state index in [1.165, 1.54) is 164 Å². The number of rotatable bonds is 30. The molecule has 2 aliphatic heterocycles. The minimum atomic E-state index is -0.191. The van der Waals surface area contributed by atoms with E-state index < -0.39 is 0 Å². The molecule has 6 aliphatic rings. The Balaban J connectivity index is 1.01. The maximum atomic E-state index is 14.8. The number of benzene rings is 7. The summed E-state index contributed by atoms with van der Waals surface area (Å²) in [5, 5.41) is 41.8. The van der Waals surface area contributed by atoms with Crippen LogP contribution >= 0.6 is 70.6 Å². The lowest BCUT2D eigenvalue weighted by Crippen LogP contribution is -2.04. The second kappa shape index (κ2) is 35.5. The van der Waals surface area contributed by atoms with Gasteiger partial charge in [-0.2, -0.15) is 21.0 Å². The quantitative estimate of drug-likeness (QED) is 0.0184. The minimum absolute atomic E-state index is 0.0134. The van der Waals surface area contributed by atoms with E-state index in [9.17, 15) is 30.6 Å². The van der Waals surface area contributed by atoms with Gasteiger partial charge in [0.05, 0.1) is 8.47 Å². The van der Waals surface area contributed by atoms with Crippen LogP contribution in [-0.2, 0) is 25.7 Å². The van der Waals surface area contributed by atoms with Crippen LogP contribution in [0.5, 0.6) is 0 Å². The second-order valence-corrected chi connectivity index (χ2v) is 35.5. The first-order valence-electron chi connectivity index (χ1n) is 37.6. The summed E-state index contributed by atoms with van der Waals surface area (Å²) in [6, 6.07) is 65.5. The zero-order valence-electron chi connectivity index (χ0n) is 60.0. The Bertz CT molecular complexity index is 4660. The Labute approximate surface area is 642 Å². The van der Waals surface area contributed by atoms with Crippen LogP contribution in [0.25, 0.3) is 22.3 Å². The van der Waals surface area contributed by atoms with Crippen molar-refractivity contribution in [2.45, 2.75) is 198 Å². The van der Waals surface area contributed by atoms with Crippen molar-refractivity contribution in [3.05, 3.63) is 278 Å². The highest BCUT2D eigenvalue weighted by atomic mass is 32.2. The van der Waals surface area contributed by atoms with E-state index >= 15 is 0 Å². The molecule has 7 aromatic carbocycles. The van der Waals surface area contributed by atoms with Gasteiger partial charge < -0.3 is 0 Å². The molecule has 5 atom stereocenters. The summed E-state index contributed by atoms with van der Waals surface area (Å²) in [6.07, 6.45) is 30.6. The van der Waals surface area contributed by atoms with Crippen LogP contribution in [0.15, 0.2) is 231 Å². The molecule has 0 spiro atoms. The molecular weight excluding hydrogens is 1390 g/mol. The molecule has 0 amide bonds. The molecule has 2 heterocycles. The van der Waals surface area contributed by atoms with Crippen molar-refractivity contribution in [3.8, 4) is 24.3 Å². The van der Waals surface area contributed by atoms with E-state index in [2.05, 4.69) is 173 Å². The highest BCUT2D eigenvalue weighted by Crippen LogP contribution is 2.69. The number of nitriles is 4. The Morgan fingerprint density at radius 1 is 0.433 bits per heavy atom. The molecule has 0 saturated carbocycles. The molecule has 0 bridgehead atoms. The van der Waals surface area contributed by atoms with Gasteiger partial charge in [0.15, 0.2) is 11.6 Å². The molecule has 1 saturated heterocycles. The Morgan fingerprint density at radius 3 is 1.20 bits per heavy atom. The summed E-state index contributed by atoms with van der Waals surface area (Å²) < 4.78 is 2.40. The van der Waals surface area contributed by atoms with Crippen molar-refractivity contribution in [3.63, 3.8) is 0 Å². The van der Waals surface area contributed by atoms with Gasteiger partial charge in [-0.05, 0) is 191 Å². The zero-order valence-corrected chi connectivity index (χ0v) is 64.9. The average molecular weight is 1470 g/mol. The fraction of sp³-hybridized carbons (Fsp3) is 0.326. The number of carbonyl (C=O) groups is 2. The highest BCUT2D eigenvalue weighted by molar-refractivity contribution is 8.23. The molecule has 4 aliphatic carbocycles. The van der Waals surface area contributed by atoms with Gasteiger partial charge in [-0.3, -0.25) is 9.59 Å². The van der Waals surface area contributed by atoms with Crippen LogP contribution in [0.3, 0.4) is 0 Å². The predicted molar refractivity (Wildman–Crippen MR) is 439 cm³/mol. The van der Waals surface area contributed by atoms with E-state index in [0.29, 0.717) is 44.5 Å². The van der Waals surface area contributed by atoms with Crippen LogP contribution in [-0.4, -0.2) is 16.8 Å². The molecule has 13 rings (SSSR count). The Hall–Kier alpha value is -7.88. The number of fused-ring (bicyclic) bond motifs is 8. The number of hydrogen-bond donors (Lipinski definition) is 0. The summed E-state index contributed by atoms with van der Waals surface area (Å²) in [4.78, 5) is 35.1. The van der Waals surface area contributed by atoms with E-state index in [1.807, 2.05) is 107 Å². The minimum Gasteiger partial charge on any atom is -0.289 e. The summed E-state index contributed by atoms with van der Waals surface area (Å²) in [5.41, 5.74) is 16.6. The zero-order chi connectivity index (χ0) is 72.1. The summed E-state index contributed by atoms with van der Waals surface area (Å²) in [7, 11) is 0. The molecular formula is C92H88N4O2S6.